The molecule has 1 aromatic carbocycles. The Morgan fingerprint density at radius 1 is 1.39 bits per heavy atom. The highest BCUT2D eigenvalue weighted by molar-refractivity contribution is 5.56. The molecule has 1 aliphatic heterocycles. The molecule has 124 valence electrons. The van der Waals surface area contributed by atoms with Crippen LogP contribution in [0.1, 0.15) is 31.4 Å². The summed E-state index contributed by atoms with van der Waals surface area (Å²) < 4.78 is 7.65. The molecule has 0 bridgehead atoms. The van der Waals surface area contributed by atoms with Crippen molar-refractivity contribution in [1.82, 2.24) is 9.78 Å². The van der Waals surface area contributed by atoms with E-state index in [4.69, 9.17) is 4.74 Å². The van der Waals surface area contributed by atoms with Gasteiger partial charge in [-0.05, 0) is 31.4 Å². The van der Waals surface area contributed by atoms with E-state index in [1.165, 1.54) is 11.3 Å². The average Bonchev–Trinajstić information content (AvgIpc) is 3.20. The van der Waals surface area contributed by atoms with E-state index in [0.717, 1.165) is 31.7 Å². The summed E-state index contributed by atoms with van der Waals surface area (Å²) in [7, 11) is 4.15. The van der Waals surface area contributed by atoms with Crippen molar-refractivity contribution in [2.24, 2.45) is 0 Å². The summed E-state index contributed by atoms with van der Waals surface area (Å²) in [4.78, 5) is 2.15. The molecule has 1 N–H and O–H groups in total. The highest BCUT2D eigenvalue weighted by Gasteiger charge is 2.17. The van der Waals surface area contributed by atoms with Crippen LogP contribution in [0.2, 0.25) is 0 Å². The summed E-state index contributed by atoms with van der Waals surface area (Å²) in [5, 5.41) is 8.00. The number of nitrogens with zero attached hydrogens (tertiary/aromatic N) is 3. The molecule has 3 rings (SSSR count). The van der Waals surface area contributed by atoms with Crippen molar-refractivity contribution in [3.05, 3.63) is 42.2 Å². The van der Waals surface area contributed by atoms with Crippen LogP contribution < -0.4 is 10.2 Å². The smallest absolute Gasteiger partial charge is 0.0771 e. The minimum atomic E-state index is 0.217. The first kappa shape index (κ1) is 15.9. The maximum Gasteiger partial charge on any atom is 0.0771 e. The third-order valence-electron chi connectivity index (χ3n) is 4.32. The molecular weight excluding hydrogens is 288 g/mol. The highest BCUT2D eigenvalue weighted by atomic mass is 16.5. The molecule has 0 amide bonds. The standard InChI is InChI=1S/C18H26N4O/c1-14(17-8-4-5-9-18(17)21(2)3)20-15-11-19-22(12-15)13-16-7-6-10-23-16/h4-5,8-9,11-12,14,16,20H,6-7,10,13H2,1-3H3/t14-,16+/m0/s1. The molecule has 0 saturated carbocycles. The maximum absolute atomic E-state index is 5.67. The largest absolute Gasteiger partial charge is 0.377 e. The second-order valence-corrected chi connectivity index (χ2v) is 6.41. The van der Waals surface area contributed by atoms with Crippen LogP contribution in [-0.4, -0.2) is 36.6 Å². The molecule has 1 aliphatic rings. The van der Waals surface area contributed by atoms with Crippen LogP contribution in [-0.2, 0) is 11.3 Å². The minimum Gasteiger partial charge on any atom is -0.377 e. The summed E-state index contributed by atoms with van der Waals surface area (Å²) in [5.41, 5.74) is 3.56. The molecule has 5 nitrogen and oxygen atoms in total. The number of rotatable bonds is 6. The number of anilines is 2. The molecule has 1 aromatic heterocycles. The zero-order valence-corrected chi connectivity index (χ0v) is 14.2. The van der Waals surface area contributed by atoms with Gasteiger partial charge in [-0.2, -0.15) is 5.10 Å². The van der Waals surface area contributed by atoms with Gasteiger partial charge in [0.25, 0.3) is 0 Å². The maximum atomic E-state index is 5.67. The van der Waals surface area contributed by atoms with Crippen LogP contribution in [0.4, 0.5) is 11.4 Å². The zero-order chi connectivity index (χ0) is 16.2. The quantitative estimate of drug-likeness (QED) is 0.888. The lowest BCUT2D eigenvalue weighted by atomic mass is 10.1. The van der Waals surface area contributed by atoms with Gasteiger partial charge in [0.05, 0.1) is 30.6 Å². The first-order valence-electron chi connectivity index (χ1n) is 8.30. The molecular formula is C18H26N4O. The van der Waals surface area contributed by atoms with Crippen molar-refractivity contribution in [1.29, 1.82) is 0 Å². The predicted molar refractivity (Wildman–Crippen MR) is 94.0 cm³/mol. The van der Waals surface area contributed by atoms with Crippen molar-refractivity contribution in [2.45, 2.75) is 38.5 Å². The van der Waals surface area contributed by atoms with Gasteiger partial charge >= 0.3 is 0 Å². The van der Waals surface area contributed by atoms with Crippen LogP contribution in [0.25, 0.3) is 0 Å². The molecule has 0 spiro atoms. The van der Waals surface area contributed by atoms with Gasteiger partial charge in [0, 0.05) is 32.6 Å². The van der Waals surface area contributed by atoms with E-state index in [2.05, 4.69) is 66.8 Å². The van der Waals surface area contributed by atoms with Gasteiger partial charge in [-0.25, -0.2) is 0 Å². The number of ether oxygens (including phenoxy) is 1. The number of para-hydroxylation sites is 1. The van der Waals surface area contributed by atoms with Gasteiger partial charge < -0.3 is 15.0 Å². The zero-order valence-electron chi connectivity index (χ0n) is 14.2. The van der Waals surface area contributed by atoms with Gasteiger partial charge in [0.2, 0.25) is 0 Å². The Balaban J connectivity index is 1.66. The normalized spacial score (nSPS) is 18.8. The van der Waals surface area contributed by atoms with Crippen LogP contribution in [0.3, 0.4) is 0 Å². The van der Waals surface area contributed by atoms with Crippen LogP contribution >= 0.6 is 0 Å². The van der Waals surface area contributed by atoms with Gasteiger partial charge in [0.15, 0.2) is 0 Å². The average molecular weight is 314 g/mol. The number of nitrogens with one attached hydrogen (secondary N) is 1. The fourth-order valence-electron chi connectivity index (χ4n) is 3.12. The lowest BCUT2D eigenvalue weighted by molar-refractivity contribution is 0.0940. The topological polar surface area (TPSA) is 42.3 Å². The first-order valence-corrected chi connectivity index (χ1v) is 8.30. The Kier molecular flexibility index (Phi) is 4.86. The SMILES string of the molecule is C[C@H](Nc1cnn(C[C@H]2CCCO2)c1)c1ccccc1N(C)C. The van der Waals surface area contributed by atoms with E-state index in [-0.39, 0.29) is 6.04 Å². The van der Waals surface area contributed by atoms with Crippen molar-refractivity contribution in [3.63, 3.8) is 0 Å². The Hall–Kier alpha value is -2.01. The Bertz CT molecular complexity index is 631. The van der Waals surface area contributed by atoms with E-state index in [1.807, 2.05) is 10.9 Å². The molecule has 5 heteroatoms. The third kappa shape index (κ3) is 3.85. The molecule has 23 heavy (non-hydrogen) atoms. The van der Waals surface area contributed by atoms with Crippen LogP contribution in [0, 0.1) is 0 Å². The van der Waals surface area contributed by atoms with Gasteiger partial charge in [-0.3, -0.25) is 4.68 Å². The monoisotopic (exact) mass is 314 g/mol. The summed E-state index contributed by atoms with van der Waals surface area (Å²) in [6.45, 7) is 3.90. The second kappa shape index (κ2) is 7.04. The second-order valence-electron chi connectivity index (χ2n) is 6.41. The van der Waals surface area contributed by atoms with Crippen LogP contribution in [0.15, 0.2) is 36.7 Å². The number of aromatic nitrogens is 2. The van der Waals surface area contributed by atoms with Crippen LogP contribution in [0.5, 0.6) is 0 Å². The minimum absolute atomic E-state index is 0.217. The summed E-state index contributed by atoms with van der Waals surface area (Å²) in [6, 6.07) is 8.69. The lowest BCUT2D eigenvalue weighted by Gasteiger charge is -2.22. The summed E-state index contributed by atoms with van der Waals surface area (Å²) in [6.07, 6.45) is 6.57. The van der Waals surface area contributed by atoms with Gasteiger partial charge in [0.1, 0.15) is 0 Å². The molecule has 0 unspecified atom stereocenters. The Morgan fingerprint density at radius 3 is 2.96 bits per heavy atom. The van der Waals surface area contributed by atoms with Crippen molar-refractivity contribution >= 4 is 11.4 Å². The molecule has 0 aliphatic carbocycles. The van der Waals surface area contributed by atoms with E-state index in [9.17, 15) is 0 Å². The van der Waals surface area contributed by atoms with E-state index in [1.54, 1.807) is 0 Å². The predicted octanol–water partition coefficient (Wildman–Crippen LogP) is 3.30. The number of benzene rings is 1. The summed E-state index contributed by atoms with van der Waals surface area (Å²) in [5.74, 6) is 0. The first-order chi connectivity index (χ1) is 11.1. The molecule has 2 aromatic rings. The van der Waals surface area contributed by atoms with Gasteiger partial charge in [-0.15, -0.1) is 0 Å². The summed E-state index contributed by atoms with van der Waals surface area (Å²) >= 11 is 0. The van der Waals surface area contributed by atoms with E-state index in [0.29, 0.717) is 6.10 Å². The van der Waals surface area contributed by atoms with Crippen molar-refractivity contribution in [2.75, 3.05) is 30.9 Å². The number of hydrogen-bond donors (Lipinski definition) is 1. The Morgan fingerprint density at radius 2 is 2.22 bits per heavy atom. The van der Waals surface area contributed by atoms with Crippen molar-refractivity contribution in [3.8, 4) is 0 Å². The van der Waals surface area contributed by atoms with E-state index < -0.39 is 0 Å². The fraction of sp³-hybridized carbons (Fsp3) is 0.500. The van der Waals surface area contributed by atoms with Gasteiger partial charge in [-0.1, -0.05) is 18.2 Å². The number of hydrogen-bond acceptors (Lipinski definition) is 4. The van der Waals surface area contributed by atoms with Crippen molar-refractivity contribution < 1.29 is 4.74 Å². The fourth-order valence-corrected chi connectivity index (χ4v) is 3.12. The Labute approximate surface area is 138 Å². The molecule has 2 atom stereocenters. The molecule has 2 heterocycles. The van der Waals surface area contributed by atoms with E-state index >= 15 is 0 Å². The highest BCUT2D eigenvalue weighted by Crippen LogP contribution is 2.27. The third-order valence-corrected chi connectivity index (χ3v) is 4.32. The molecule has 1 fully saturated rings. The molecule has 0 radical (unpaired) electrons. The molecule has 1 saturated heterocycles. The lowest BCUT2D eigenvalue weighted by Crippen LogP contribution is -2.16.